The number of anilines is 2. The maximum Gasteiger partial charge on any atom is 0.0992 e. The number of nitriles is 1. The van der Waals surface area contributed by atoms with Gasteiger partial charge in [0.1, 0.15) is 0 Å². The van der Waals surface area contributed by atoms with Crippen LogP contribution >= 0.6 is 0 Å². The van der Waals surface area contributed by atoms with Crippen LogP contribution in [0.1, 0.15) is 25.8 Å². The zero-order valence-corrected chi connectivity index (χ0v) is 9.33. The minimum atomic E-state index is 0.615. The Morgan fingerprint density at radius 2 is 2.13 bits per heavy atom. The molecular weight excluding hydrogens is 186 g/mol. The van der Waals surface area contributed by atoms with E-state index in [0.29, 0.717) is 11.3 Å². The highest BCUT2D eigenvalue weighted by Crippen LogP contribution is 2.24. The van der Waals surface area contributed by atoms with Gasteiger partial charge in [-0.2, -0.15) is 5.26 Å². The summed E-state index contributed by atoms with van der Waals surface area (Å²) >= 11 is 0. The summed E-state index contributed by atoms with van der Waals surface area (Å²) in [7, 11) is 0. The molecule has 1 rings (SSSR count). The minimum Gasteiger partial charge on any atom is -0.397 e. The minimum absolute atomic E-state index is 0.615. The second-order valence-corrected chi connectivity index (χ2v) is 3.47. The van der Waals surface area contributed by atoms with E-state index in [0.717, 1.165) is 25.2 Å². The van der Waals surface area contributed by atoms with Crippen LogP contribution in [0.2, 0.25) is 0 Å². The maximum absolute atomic E-state index is 8.73. The van der Waals surface area contributed by atoms with Gasteiger partial charge in [-0.25, -0.2) is 0 Å². The second kappa shape index (κ2) is 5.26. The van der Waals surface area contributed by atoms with E-state index >= 15 is 0 Å². The Labute approximate surface area is 91.1 Å². The Balaban J connectivity index is 2.98. The van der Waals surface area contributed by atoms with Crippen molar-refractivity contribution in [2.75, 3.05) is 23.7 Å². The monoisotopic (exact) mass is 203 g/mol. The molecule has 0 atom stereocenters. The van der Waals surface area contributed by atoms with Gasteiger partial charge in [0.05, 0.1) is 23.0 Å². The van der Waals surface area contributed by atoms with Gasteiger partial charge in [-0.3, -0.25) is 0 Å². The fourth-order valence-electron chi connectivity index (χ4n) is 1.63. The van der Waals surface area contributed by atoms with Gasteiger partial charge in [0.2, 0.25) is 0 Å². The smallest absolute Gasteiger partial charge is 0.0992 e. The Morgan fingerprint density at radius 1 is 1.40 bits per heavy atom. The second-order valence-electron chi connectivity index (χ2n) is 3.47. The van der Waals surface area contributed by atoms with Crippen LogP contribution in [0, 0.1) is 11.3 Å². The van der Waals surface area contributed by atoms with Gasteiger partial charge in [-0.15, -0.1) is 0 Å². The van der Waals surface area contributed by atoms with Crippen molar-refractivity contribution in [2.45, 2.75) is 20.3 Å². The van der Waals surface area contributed by atoms with Gasteiger partial charge in [-0.05, 0) is 31.5 Å². The Bertz CT molecular complexity index is 366. The lowest BCUT2D eigenvalue weighted by Gasteiger charge is -2.23. The molecule has 0 saturated heterocycles. The van der Waals surface area contributed by atoms with Gasteiger partial charge in [-0.1, -0.05) is 6.92 Å². The molecule has 1 aromatic rings. The third kappa shape index (κ3) is 2.63. The van der Waals surface area contributed by atoms with Gasteiger partial charge in [0.15, 0.2) is 0 Å². The lowest BCUT2D eigenvalue weighted by molar-refractivity contribution is 0.793. The molecule has 1 aromatic carbocycles. The van der Waals surface area contributed by atoms with Crippen LogP contribution in [0.5, 0.6) is 0 Å². The van der Waals surface area contributed by atoms with Crippen molar-refractivity contribution in [1.29, 1.82) is 5.26 Å². The largest absolute Gasteiger partial charge is 0.397 e. The molecule has 0 amide bonds. The van der Waals surface area contributed by atoms with Crippen molar-refractivity contribution < 1.29 is 0 Å². The van der Waals surface area contributed by atoms with Gasteiger partial charge >= 0.3 is 0 Å². The molecule has 15 heavy (non-hydrogen) atoms. The number of nitrogens with two attached hydrogens (primary N) is 1. The zero-order valence-electron chi connectivity index (χ0n) is 9.33. The summed E-state index contributed by atoms with van der Waals surface area (Å²) in [5, 5.41) is 8.73. The molecule has 3 heteroatoms. The molecule has 0 saturated carbocycles. The first-order valence-corrected chi connectivity index (χ1v) is 5.27. The molecule has 80 valence electrons. The molecule has 0 aliphatic carbocycles. The van der Waals surface area contributed by atoms with Crippen molar-refractivity contribution in [3.63, 3.8) is 0 Å². The van der Waals surface area contributed by atoms with E-state index in [1.165, 1.54) is 0 Å². The number of benzene rings is 1. The van der Waals surface area contributed by atoms with Crippen LogP contribution in [0.25, 0.3) is 0 Å². The lowest BCUT2D eigenvalue weighted by Crippen LogP contribution is -2.24. The van der Waals surface area contributed by atoms with Gasteiger partial charge in [0.25, 0.3) is 0 Å². The standard InChI is InChI=1S/C12H17N3/c1-3-7-15(4-2)12-6-5-10(9-13)8-11(12)14/h5-6,8H,3-4,7,14H2,1-2H3. The molecule has 0 bridgehead atoms. The van der Waals surface area contributed by atoms with E-state index < -0.39 is 0 Å². The highest BCUT2D eigenvalue weighted by atomic mass is 15.1. The SMILES string of the molecule is CCCN(CC)c1ccc(C#N)cc1N. The van der Waals surface area contributed by atoms with E-state index in [4.69, 9.17) is 11.0 Å². The van der Waals surface area contributed by atoms with Crippen LogP contribution < -0.4 is 10.6 Å². The molecule has 0 aliphatic rings. The number of hydrogen-bond acceptors (Lipinski definition) is 3. The van der Waals surface area contributed by atoms with Crippen molar-refractivity contribution in [1.82, 2.24) is 0 Å². The van der Waals surface area contributed by atoms with Crippen molar-refractivity contribution in [2.24, 2.45) is 0 Å². The first kappa shape index (κ1) is 11.4. The molecular formula is C12H17N3. The molecule has 0 spiro atoms. The van der Waals surface area contributed by atoms with Gasteiger partial charge < -0.3 is 10.6 Å². The van der Waals surface area contributed by atoms with E-state index in [2.05, 4.69) is 24.8 Å². The highest BCUT2D eigenvalue weighted by Gasteiger charge is 2.07. The molecule has 2 N–H and O–H groups in total. The Morgan fingerprint density at radius 3 is 2.60 bits per heavy atom. The number of rotatable bonds is 4. The fraction of sp³-hybridized carbons (Fsp3) is 0.417. The highest BCUT2D eigenvalue weighted by molar-refractivity contribution is 5.69. The third-order valence-corrected chi connectivity index (χ3v) is 2.37. The summed E-state index contributed by atoms with van der Waals surface area (Å²) in [5.41, 5.74) is 8.24. The molecule has 0 aliphatic heterocycles. The van der Waals surface area contributed by atoms with Crippen LogP contribution in [0.4, 0.5) is 11.4 Å². The van der Waals surface area contributed by atoms with E-state index in [-0.39, 0.29) is 0 Å². The predicted molar refractivity (Wildman–Crippen MR) is 63.7 cm³/mol. The third-order valence-electron chi connectivity index (χ3n) is 2.37. The topological polar surface area (TPSA) is 53.0 Å². The molecule has 0 unspecified atom stereocenters. The summed E-state index contributed by atoms with van der Waals surface area (Å²) < 4.78 is 0. The van der Waals surface area contributed by atoms with Crippen molar-refractivity contribution in [3.8, 4) is 6.07 Å². The average molecular weight is 203 g/mol. The summed E-state index contributed by atoms with van der Waals surface area (Å²) in [6, 6.07) is 7.55. The number of hydrogen-bond donors (Lipinski definition) is 1. The van der Waals surface area contributed by atoms with E-state index in [1.54, 1.807) is 6.07 Å². The zero-order chi connectivity index (χ0) is 11.3. The first-order chi connectivity index (χ1) is 7.22. The molecule has 0 aromatic heterocycles. The summed E-state index contributed by atoms with van der Waals surface area (Å²) in [5.74, 6) is 0. The fourth-order valence-corrected chi connectivity index (χ4v) is 1.63. The average Bonchev–Trinajstić information content (AvgIpc) is 2.26. The summed E-state index contributed by atoms with van der Waals surface area (Å²) in [6.07, 6.45) is 1.09. The lowest BCUT2D eigenvalue weighted by atomic mass is 10.1. The number of nitrogens with zero attached hydrogens (tertiary/aromatic N) is 2. The molecule has 0 fully saturated rings. The summed E-state index contributed by atoms with van der Waals surface area (Å²) in [4.78, 5) is 2.22. The molecule has 3 nitrogen and oxygen atoms in total. The number of nitrogen functional groups attached to an aromatic ring is 1. The van der Waals surface area contributed by atoms with Crippen LogP contribution in [0.15, 0.2) is 18.2 Å². The Hall–Kier alpha value is -1.69. The van der Waals surface area contributed by atoms with Crippen molar-refractivity contribution >= 4 is 11.4 Å². The van der Waals surface area contributed by atoms with E-state index in [1.807, 2.05) is 12.1 Å². The predicted octanol–water partition coefficient (Wildman–Crippen LogP) is 2.38. The van der Waals surface area contributed by atoms with E-state index in [9.17, 15) is 0 Å². The van der Waals surface area contributed by atoms with Crippen LogP contribution in [0.3, 0.4) is 0 Å². The molecule has 0 heterocycles. The van der Waals surface area contributed by atoms with Crippen LogP contribution in [-0.2, 0) is 0 Å². The molecule has 0 radical (unpaired) electrons. The Kier molecular flexibility index (Phi) is 3.99. The normalized spacial score (nSPS) is 9.67. The van der Waals surface area contributed by atoms with Crippen molar-refractivity contribution in [3.05, 3.63) is 23.8 Å². The van der Waals surface area contributed by atoms with Crippen LogP contribution in [-0.4, -0.2) is 13.1 Å². The summed E-state index contributed by atoms with van der Waals surface area (Å²) in [6.45, 7) is 6.17. The van der Waals surface area contributed by atoms with Gasteiger partial charge in [0, 0.05) is 13.1 Å². The maximum atomic E-state index is 8.73. The quantitative estimate of drug-likeness (QED) is 0.764. The first-order valence-electron chi connectivity index (χ1n) is 5.27.